The molecule has 0 radical (unpaired) electrons. The van der Waals surface area contributed by atoms with Crippen LogP contribution in [0.15, 0.2) is 34.9 Å². The van der Waals surface area contributed by atoms with E-state index < -0.39 is 0 Å². The smallest absolute Gasteiger partial charge is 0.153 e. The molecule has 3 heteroatoms. The number of hydrogen-bond acceptors (Lipinski definition) is 3. The van der Waals surface area contributed by atoms with Gasteiger partial charge in [0.25, 0.3) is 0 Å². The Balaban J connectivity index is 1.70. The molecule has 1 saturated heterocycles. The second kappa shape index (κ2) is 3.95. The molecule has 3 nitrogen and oxygen atoms in total. The van der Waals surface area contributed by atoms with Crippen LogP contribution in [0, 0.1) is 11.8 Å². The fraction of sp³-hybridized carbons (Fsp3) is 0.400. The van der Waals surface area contributed by atoms with E-state index in [0.29, 0.717) is 5.92 Å². The summed E-state index contributed by atoms with van der Waals surface area (Å²) in [6.45, 7) is 2.27. The average Bonchev–Trinajstić information content (AvgIpc) is 3.02. The van der Waals surface area contributed by atoms with E-state index in [9.17, 15) is 0 Å². The maximum atomic E-state index is 5.91. The summed E-state index contributed by atoms with van der Waals surface area (Å²) in [4.78, 5) is 4.33. The zero-order valence-corrected chi connectivity index (χ0v) is 10.2. The third kappa shape index (κ3) is 1.58. The molecule has 1 aliphatic heterocycles. The SMILES string of the molecule is C1=C(c2cc3ncccc3o2)C[C@@H]2CCNC[C@H]12. The Morgan fingerprint density at radius 2 is 2.39 bits per heavy atom. The van der Waals surface area contributed by atoms with Crippen molar-refractivity contribution >= 4 is 16.7 Å². The third-order valence-electron chi connectivity index (χ3n) is 4.18. The Morgan fingerprint density at radius 3 is 3.28 bits per heavy atom. The minimum Gasteiger partial charge on any atom is -0.455 e. The summed E-state index contributed by atoms with van der Waals surface area (Å²) in [5, 5.41) is 3.47. The molecule has 0 bridgehead atoms. The van der Waals surface area contributed by atoms with E-state index in [1.54, 1.807) is 0 Å². The highest BCUT2D eigenvalue weighted by atomic mass is 16.3. The Hall–Kier alpha value is -1.61. The molecular weight excluding hydrogens is 224 g/mol. The molecule has 0 unspecified atom stereocenters. The number of pyridine rings is 1. The normalized spacial score (nSPS) is 27.2. The van der Waals surface area contributed by atoms with Gasteiger partial charge in [-0.3, -0.25) is 4.98 Å². The summed E-state index contributed by atoms with van der Waals surface area (Å²) < 4.78 is 5.91. The highest BCUT2D eigenvalue weighted by molar-refractivity contribution is 5.78. The van der Waals surface area contributed by atoms with E-state index >= 15 is 0 Å². The van der Waals surface area contributed by atoms with E-state index in [-0.39, 0.29) is 0 Å². The van der Waals surface area contributed by atoms with Gasteiger partial charge in [0.2, 0.25) is 0 Å². The summed E-state index contributed by atoms with van der Waals surface area (Å²) >= 11 is 0. The van der Waals surface area contributed by atoms with Gasteiger partial charge in [-0.1, -0.05) is 6.08 Å². The molecule has 3 heterocycles. The number of rotatable bonds is 1. The summed E-state index contributed by atoms with van der Waals surface area (Å²) in [6.07, 6.45) is 6.65. The summed E-state index contributed by atoms with van der Waals surface area (Å²) in [6, 6.07) is 5.98. The quantitative estimate of drug-likeness (QED) is 0.833. The van der Waals surface area contributed by atoms with Gasteiger partial charge in [-0.15, -0.1) is 0 Å². The van der Waals surface area contributed by atoms with Gasteiger partial charge < -0.3 is 9.73 Å². The van der Waals surface area contributed by atoms with Crippen LogP contribution in [0.25, 0.3) is 16.7 Å². The number of hydrogen-bond donors (Lipinski definition) is 1. The van der Waals surface area contributed by atoms with Gasteiger partial charge >= 0.3 is 0 Å². The van der Waals surface area contributed by atoms with Crippen LogP contribution in [0.5, 0.6) is 0 Å². The van der Waals surface area contributed by atoms with Crippen molar-refractivity contribution in [2.45, 2.75) is 12.8 Å². The van der Waals surface area contributed by atoms with Crippen LogP contribution in [0.3, 0.4) is 0 Å². The lowest BCUT2D eigenvalue weighted by atomic mass is 9.89. The minimum absolute atomic E-state index is 0.690. The van der Waals surface area contributed by atoms with Crippen LogP contribution in [0.1, 0.15) is 18.6 Å². The fourth-order valence-electron chi connectivity index (χ4n) is 3.20. The van der Waals surface area contributed by atoms with Gasteiger partial charge in [-0.2, -0.15) is 0 Å². The third-order valence-corrected chi connectivity index (χ3v) is 4.18. The molecule has 0 spiro atoms. The zero-order chi connectivity index (χ0) is 11.9. The number of nitrogens with zero attached hydrogens (tertiary/aromatic N) is 1. The van der Waals surface area contributed by atoms with Crippen molar-refractivity contribution in [2.24, 2.45) is 11.8 Å². The Labute approximate surface area is 106 Å². The van der Waals surface area contributed by atoms with Crippen molar-refractivity contribution in [3.8, 4) is 0 Å². The lowest BCUT2D eigenvalue weighted by Crippen LogP contribution is -2.33. The molecule has 18 heavy (non-hydrogen) atoms. The second-order valence-electron chi connectivity index (χ2n) is 5.31. The predicted molar refractivity (Wildman–Crippen MR) is 71.1 cm³/mol. The van der Waals surface area contributed by atoms with Crippen molar-refractivity contribution in [2.75, 3.05) is 13.1 Å². The maximum Gasteiger partial charge on any atom is 0.153 e. The van der Waals surface area contributed by atoms with Crippen molar-refractivity contribution in [3.05, 3.63) is 36.2 Å². The van der Waals surface area contributed by atoms with Crippen LogP contribution in [-0.2, 0) is 0 Å². The molecule has 2 atom stereocenters. The monoisotopic (exact) mass is 240 g/mol. The first-order valence-corrected chi connectivity index (χ1v) is 6.66. The van der Waals surface area contributed by atoms with Gasteiger partial charge in [-0.05, 0) is 48.9 Å². The average molecular weight is 240 g/mol. The zero-order valence-electron chi connectivity index (χ0n) is 10.2. The van der Waals surface area contributed by atoms with E-state index in [2.05, 4.69) is 22.4 Å². The number of aromatic nitrogens is 1. The number of allylic oxidation sites excluding steroid dienone is 1. The Kier molecular flexibility index (Phi) is 2.27. The van der Waals surface area contributed by atoms with Crippen molar-refractivity contribution in [1.29, 1.82) is 0 Å². The van der Waals surface area contributed by atoms with Gasteiger partial charge in [0, 0.05) is 18.8 Å². The molecule has 4 rings (SSSR count). The summed E-state index contributed by atoms with van der Waals surface area (Å²) in [7, 11) is 0. The highest BCUT2D eigenvalue weighted by Crippen LogP contribution is 2.40. The molecule has 0 aromatic carbocycles. The van der Waals surface area contributed by atoms with Gasteiger partial charge in [0.05, 0.1) is 0 Å². The highest BCUT2D eigenvalue weighted by Gasteiger charge is 2.31. The standard InChI is InChI=1S/C15H16N2O/c1-2-14-13(17-4-1)8-15(18-14)11-6-10-3-5-16-9-12(10)7-11/h1-2,4,7-8,10,12,16H,3,5-6,9H2/t10-,12-/m0/s1. The molecule has 1 N–H and O–H groups in total. The predicted octanol–water partition coefficient (Wildman–Crippen LogP) is 2.84. The topological polar surface area (TPSA) is 38.1 Å². The number of piperidine rings is 1. The van der Waals surface area contributed by atoms with Crippen LogP contribution in [-0.4, -0.2) is 18.1 Å². The Bertz CT molecular complexity index is 581. The molecule has 2 aromatic rings. The first-order chi connectivity index (χ1) is 8.90. The molecule has 0 saturated carbocycles. The molecule has 0 amide bonds. The van der Waals surface area contributed by atoms with E-state index in [0.717, 1.165) is 42.3 Å². The van der Waals surface area contributed by atoms with E-state index in [4.69, 9.17) is 4.42 Å². The van der Waals surface area contributed by atoms with Crippen LogP contribution < -0.4 is 5.32 Å². The molecule has 92 valence electrons. The molecule has 2 aliphatic rings. The van der Waals surface area contributed by atoms with Gasteiger partial charge in [0.15, 0.2) is 5.58 Å². The summed E-state index contributed by atoms with van der Waals surface area (Å²) in [5.74, 6) is 2.51. The lowest BCUT2D eigenvalue weighted by molar-refractivity contribution is 0.322. The lowest BCUT2D eigenvalue weighted by Gasteiger charge is -2.25. The first-order valence-electron chi connectivity index (χ1n) is 6.66. The van der Waals surface area contributed by atoms with Crippen molar-refractivity contribution < 1.29 is 4.42 Å². The van der Waals surface area contributed by atoms with E-state index in [1.807, 2.05) is 18.3 Å². The van der Waals surface area contributed by atoms with Crippen LogP contribution in [0.2, 0.25) is 0 Å². The first kappa shape index (κ1) is 10.3. The molecule has 2 aromatic heterocycles. The molecule has 1 aliphatic carbocycles. The number of nitrogens with one attached hydrogen (secondary N) is 1. The number of furan rings is 1. The fourth-order valence-corrected chi connectivity index (χ4v) is 3.20. The van der Waals surface area contributed by atoms with Crippen molar-refractivity contribution in [3.63, 3.8) is 0 Å². The van der Waals surface area contributed by atoms with Gasteiger partial charge in [-0.25, -0.2) is 0 Å². The Morgan fingerprint density at radius 1 is 1.39 bits per heavy atom. The van der Waals surface area contributed by atoms with Gasteiger partial charge in [0.1, 0.15) is 11.3 Å². The van der Waals surface area contributed by atoms with E-state index in [1.165, 1.54) is 12.0 Å². The minimum atomic E-state index is 0.690. The van der Waals surface area contributed by atoms with Crippen LogP contribution >= 0.6 is 0 Å². The second-order valence-corrected chi connectivity index (χ2v) is 5.31. The van der Waals surface area contributed by atoms with Crippen LogP contribution in [0.4, 0.5) is 0 Å². The summed E-state index contributed by atoms with van der Waals surface area (Å²) in [5.41, 5.74) is 3.22. The number of fused-ring (bicyclic) bond motifs is 2. The largest absolute Gasteiger partial charge is 0.455 e. The van der Waals surface area contributed by atoms with Crippen molar-refractivity contribution in [1.82, 2.24) is 10.3 Å². The maximum absolute atomic E-state index is 5.91. The molecule has 1 fully saturated rings. The molecular formula is C15H16N2O.